The van der Waals surface area contributed by atoms with Crippen LogP contribution in [0.4, 0.5) is 0 Å². The quantitative estimate of drug-likeness (QED) is 0.669. The van der Waals surface area contributed by atoms with Crippen molar-refractivity contribution in [2.45, 2.75) is 38.3 Å². The summed E-state index contributed by atoms with van der Waals surface area (Å²) in [4.78, 5) is 16.5. The van der Waals surface area contributed by atoms with Crippen molar-refractivity contribution < 1.29 is 4.79 Å². The van der Waals surface area contributed by atoms with Gasteiger partial charge in [-0.2, -0.15) is 0 Å². The lowest BCUT2D eigenvalue weighted by Gasteiger charge is -2.56. The summed E-state index contributed by atoms with van der Waals surface area (Å²) in [6, 6.07) is 19.0. The summed E-state index contributed by atoms with van der Waals surface area (Å²) in [6.45, 7) is 6.88. The van der Waals surface area contributed by atoms with Gasteiger partial charge < -0.3 is 5.32 Å². The lowest BCUT2D eigenvalue weighted by molar-refractivity contribution is -0.0377. The second-order valence-corrected chi connectivity index (χ2v) is 9.68. The zero-order chi connectivity index (χ0) is 19.3. The molecule has 3 nitrogen and oxygen atoms in total. The molecule has 0 unspecified atom stereocenters. The Bertz CT molecular complexity index is 1020. The van der Waals surface area contributed by atoms with Crippen LogP contribution in [-0.2, 0) is 0 Å². The fraction of sp³-hybridized carbons (Fsp3) is 0.375. The minimum Gasteiger partial charge on any atom is -0.346 e. The van der Waals surface area contributed by atoms with Crippen molar-refractivity contribution in [3.63, 3.8) is 0 Å². The van der Waals surface area contributed by atoms with Crippen LogP contribution in [0.2, 0.25) is 0 Å². The lowest BCUT2D eigenvalue weighted by Crippen LogP contribution is -2.69. The normalized spacial score (nSPS) is 25.7. The first-order valence-corrected chi connectivity index (χ1v) is 11.0. The molecule has 6 rings (SSSR count). The third kappa shape index (κ3) is 2.87. The Morgan fingerprint density at radius 2 is 1.82 bits per heavy atom. The van der Waals surface area contributed by atoms with Gasteiger partial charge in [-0.25, -0.2) is 0 Å². The summed E-state index contributed by atoms with van der Waals surface area (Å²) in [5, 5.41) is 4.55. The SMILES string of the molecule is CC1(C)[C@@H](NC(=O)c2cc3cccc(-c4ccccc4)c3s2)C2CCN1CC2. The van der Waals surface area contributed by atoms with E-state index < -0.39 is 0 Å². The zero-order valence-corrected chi connectivity index (χ0v) is 17.3. The van der Waals surface area contributed by atoms with Crippen molar-refractivity contribution in [2.24, 2.45) is 5.92 Å². The van der Waals surface area contributed by atoms with E-state index in [0.29, 0.717) is 5.92 Å². The average molecular weight is 391 g/mol. The van der Waals surface area contributed by atoms with Gasteiger partial charge in [-0.3, -0.25) is 9.69 Å². The van der Waals surface area contributed by atoms with Crippen LogP contribution >= 0.6 is 11.3 Å². The van der Waals surface area contributed by atoms with Crippen molar-refractivity contribution in [3.8, 4) is 11.1 Å². The Kier molecular flexibility index (Phi) is 4.29. The highest BCUT2D eigenvalue weighted by atomic mass is 32.1. The van der Waals surface area contributed by atoms with E-state index in [0.717, 1.165) is 23.4 Å². The summed E-state index contributed by atoms with van der Waals surface area (Å²) in [5.41, 5.74) is 2.42. The molecule has 4 heteroatoms. The van der Waals surface area contributed by atoms with E-state index in [-0.39, 0.29) is 17.5 Å². The molecule has 3 aromatic rings. The van der Waals surface area contributed by atoms with Crippen LogP contribution < -0.4 is 5.32 Å². The average Bonchev–Trinajstić information content (AvgIpc) is 3.16. The Morgan fingerprint density at radius 1 is 1.07 bits per heavy atom. The molecule has 4 heterocycles. The standard InChI is InChI=1S/C24H26N2OS/c1-24(2)22(17-11-13-26(24)14-12-17)25-23(27)20-15-18-9-6-10-19(21(18)28-20)16-7-4-3-5-8-16/h3-10,15,17,22H,11-14H2,1-2H3,(H,25,27)/t22-/m0/s1. The number of amides is 1. The van der Waals surface area contributed by atoms with Gasteiger partial charge in [0.05, 0.1) is 4.88 Å². The molecular weight excluding hydrogens is 364 g/mol. The fourth-order valence-corrected chi connectivity index (χ4v) is 6.21. The minimum atomic E-state index is 0.0305. The molecule has 3 aliphatic heterocycles. The van der Waals surface area contributed by atoms with Gasteiger partial charge >= 0.3 is 0 Å². The number of piperidine rings is 3. The number of carbonyl (C=O) groups excluding carboxylic acids is 1. The van der Waals surface area contributed by atoms with Gasteiger partial charge in [-0.05, 0) is 68.3 Å². The summed E-state index contributed by atoms with van der Waals surface area (Å²) < 4.78 is 1.19. The first-order chi connectivity index (χ1) is 13.5. The van der Waals surface area contributed by atoms with Gasteiger partial charge in [0, 0.05) is 16.3 Å². The predicted molar refractivity (Wildman–Crippen MR) is 117 cm³/mol. The number of carbonyl (C=O) groups is 1. The highest BCUT2D eigenvalue weighted by Gasteiger charge is 2.48. The molecule has 3 aliphatic rings. The van der Waals surface area contributed by atoms with Crippen LogP contribution in [0.1, 0.15) is 36.4 Å². The number of thiophene rings is 1. The van der Waals surface area contributed by atoms with Crippen LogP contribution in [0.5, 0.6) is 0 Å². The molecule has 144 valence electrons. The molecule has 1 atom stereocenters. The minimum absolute atomic E-state index is 0.0305. The zero-order valence-electron chi connectivity index (χ0n) is 16.4. The molecule has 1 aromatic heterocycles. The largest absolute Gasteiger partial charge is 0.346 e. The van der Waals surface area contributed by atoms with Gasteiger partial charge in [0.1, 0.15) is 0 Å². The smallest absolute Gasteiger partial charge is 0.261 e. The van der Waals surface area contributed by atoms with E-state index >= 15 is 0 Å². The number of fused-ring (bicyclic) bond motifs is 4. The van der Waals surface area contributed by atoms with E-state index in [9.17, 15) is 4.79 Å². The molecule has 2 bridgehead atoms. The number of hydrogen-bond acceptors (Lipinski definition) is 3. The molecule has 3 fully saturated rings. The fourth-order valence-electron chi connectivity index (χ4n) is 5.11. The van der Waals surface area contributed by atoms with E-state index in [2.05, 4.69) is 72.6 Å². The van der Waals surface area contributed by atoms with E-state index in [1.165, 1.54) is 28.7 Å². The second-order valence-electron chi connectivity index (χ2n) is 8.63. The van der Waals surface area contributed by atoms with Gasteiger partial charge in [0.2, 0.25) is 0 Å². The molecule has 0 saturated carbocycles. The monoisotopic (exact) mass is 390 g/mol. The molecule has 28 heavy (non-hydrogen) atoms. The van der Waals surface area contributed by atoms with Crippen molar-refractivity contribution in [2.75, 3.05) is 13.1 Å². The van der Waals surface area contributed by atoms with E-state index in [1.807, 2.05) is 6.07 Å². The Balaban J connectivity index is 1.46. The number of nitrogens with zero attached hydrogens (tertiary/aromatic N) is 1. The summed E-state index contributed by atoms with van der Waals surface area (Å²) in [5.74, 6) is 0.672. The maximum atomic E-state index is 13.2. The molecule has 2 aromatic carbocycles. The van der Waals surface area contributed by atoms with Crippen LogP contribution in [0.25, 0.3) is 21.2 Å². The van der Waals surface area contributed by atoms with Crippen molar-refractivity contribution in [1.29, 1.82) is 0 Å². The Hall–Kier alpha value is -2.17. The predicted octanol–water partition coefficient (Wildman–Crippen LogP) is 5.17. The number of nitrogens with one attached hydrogen (secondary N) is 1. The van der Waals surface area contributed by atoms with E-state index in [1.54, 1.807) is 11.3 Å². The first-order valence-electron chi connectivity index (χ1n) is 10.2. The van der Waals surface area contributed by atoms with E-state index in [4.69, 9.17) is 0 Å². The third-order valence-corrected chi connectivity index (χ3v) is 7.91. The van der Waals surface area contributed by atoms with Crippen LogP contribution in [0.3, 0.4) is 0 Å². The van der Waals surface area contributed by atoms with Crippen LogP contribution in [0.15, 0.2) is 54.6 Å². The van der Waals surface area contributed by atoms with Gasteiger partial charge in [0.15, 0.2) is 0 Å². The van der Waals surface area contributed by atoms with Gasteiger partial charge in [0.25, 0.3) is 5.91 Å². The second kappa shape index (κ2) is 6.71. The lowest BCUT2D eigenvalue weighted by atomic mass is 9.72. The molecule has 1 N–H and O–H groups in total. The highest BCUT2D eigenvalue weighted by molar-refractivity contribution is 7.21. The van der Waals surface area contributed by atoms with Crippen molar-refractivity contribution in [1.82, 2.24) is 10.2 Å². The van der Waals surface area contributed by atoms with Crippen LogP contribution in [-0.4, -0.2) is 35.5 Å². The highest BCUT2D eigenvalue weighted by Crippen LogP contribution is 2.40. The molecule has 3 saturated heterocycles. The third-order valence-electron chi connectivity index (χ3n) is 6.73. The number of benzene rings is 2. The molecule has 0 spiro atoms. The summed E-state index contributed by atoms with van der Waals surface area (Å²) in [7, 11) is 0. The number of rotatable bonds is 3. The summed E-state index contributed by atoms with van der Waals surface area (Å²) >= 11 is 1.61. The Morgan fingerprint density at radius 3 is 2.54 bits per heavy atom. The molecular formula is C24H26N2OS. The topological polar surface area (TPSA) is 32.3 Å². The van der Waals surface area contributed by atoms with Crippen molar-refractivity contribution >= 4 is 27.3 Å². The van der Waals surface area contributed by atoms with Crippen molar-refractivity contribution in [3.05, 3.63) is 59.5 Å². The maximum absolute atomic E-state index is 13.2. The number of hydrogen-bond donors (Lipinski definition) is 1. The summed E-state index contributed by atoms with van der Waals surface area (Å²) in [6.07, 6.45) is 2.39. The molecule has 1 amide bonds. The molecule has 0 radical (unpaired) electrons. The van der Waals surface area contributed by atoms with Gasteiger partial charge in [-0.15, -0.1) is 11.3 Å². The maximum Gasteiger partial charge on any atom is 0.261 e. The van der Waals surface area contributed by atoms with Gasteiger partial charge in [-0.1, -0.05) is 48.5 Å². The molecule has 0 aliphatic carbocycles. The Labute approximate surface area is 170 Å². The first kappa shape index (κ1) is 17.9. The van der Waals surface area contributed by atoms with Crippen LogP contribution in [0, 0.1) is 5.92 Å².